The van der Waals surface area contributed by atoms with Crippen molar-refractivity contribution in [1.82, 2.24) is 4.98 Å². The molecule has 2 nitrogen and oxygen atoms in total. The predicted octanol–water partition coefficient (Wildman–Crippen LogP) is 4.96. The topological polar surface area (TPSA) is 27.8 Å². The molecule has 2 aromatic carbocycles. The lowest BCUT2D eigenvalue weighted by Crippen LogP contribution is -2.03. The summed E-state index contributed by atoms with van der Waals surface area (Å²) in [6, 6.07) is 14.7. The van der Waals surface area contributed by atoms with Crippen LogP contribution in [0.3, 0.4) is 0 Å². The van der Waals surface area contributed by atoms with Crippen molar-refractivity contribution in [1.29, 1.82) is 0 Å². The van der Waals surface area contributed by atoms with Crippen LogP contribution < -0.4 is 5.32 Å². The normalized spacial score (nSPS) is 16.9. The first-order valence-electron chi connectivity index (χ1n) is 7.39. The number of benzene rings is 2. The molecule has 4 rings (SSSR count). The zero-order chi connectivity index (χ0) is 14.2. The van der Waals surface area contributed by atoms with E-state index in [4.69, 9.17) is 11.6 Å². The van der Waals surface area contributed by atoms with Crippen molar-refractivity contribution in [3.63, 3.8) is 0 Å². The summed E-state index contributed by atoms with van der Waals surface area (Å²) < 4.78 is 0. The number of anilines is 1. The monoisotopic (exact) mass is 296 g/mol. The highest BCUT2D eigenvalue weighted by Gasteiger charge is 2.21. The summed E-state index contributed by atoms with van der Waals surface area (Å²) in [5.41, 5.74) is 5.27. The van der Waals surface area contributed by atoms with E-state index in [0.29, 0.717) is 5.92 Å². The molecule has 2 N–H and O–H groups in total. The largest absolute Gasteiger partial charge is 0.384 e. The summed E-state index contributed by atoms with van der Waals surface area (Å²) in [6.45, 7) is 1.04. The van der Waals surface area contributed by atoms with Crippen LogP contribution in [-0.4, -0.2) is 11.5 Å². The van der Waals surface area contributed by atoms with Crippen molar-refractivity contribution >= 4 is 28.2 Å². The fourth-order valence-electron chi connectivity index (χ4n) is 3.30. The van der Waals surface area contributed by atoms with E-state index in [9.17, 15) is 0 Å². The fourth-order valence-corrected chi connectivity index (χ4v) is 3.47. The van der Waals surface area contributed by atoms with Gasteiger partial charge in [-0.05, 0) is 48.2 Å². The molecule has 0 radical (unpaired) electrons. The minimum absolute atomic E-state index is 0.602. The molecule has 0 spiro atoms. The third-order valence-electron chi connectivity index (χ3n) is 4.43. The van der Waals surface area contributed by atoms with E-state index in [-0.39, 0.29) is 0 Å². The van der Waals surface area contributed by atoms with Gasteiger partial charge in [0.05, 0.1) is 0 Å². The summed E-state index contributed by atoms with van der Waals surface area (Å²) >= 11 is 6.12. The van der Waals surface area contributed by atoms with Crippen molar-refractivity contribution in [2.75, 3.05) is 11.9 Å². The molecule has 0 fully saturated rings. The van der Waals surface area contributed by atoms with E-state index in [1.807, 2.05) is 12.1 Å². The lowest BCUT2D eigenvalue weighted by molar-refractivity contribution is 0.677. The molecule has 1 aromatic heterocycles. The first-order chi connectivity index (χ1) is 10.3. The van der Waals surface area contributed by atoms with E-state index < -0.39 is 0 Å². The Bertz CT molecular complexity index is 791. The number of fused-ring (bicyclic) bond motifs is 2. The van der Waals surface area contributed by atoms with Crippen LogP contribution in [0.4, 0.5) is 5.69 Å². The van der Waals surface area contributed by atoms with Crippen LogP contribution in [0.1, 0.15) is 23.5 Å². The van der Waals surface area contributed by atoms with E-state index in [0.717, 1.165) is 24.4 Å². The van der Waals surface area contributed by atoms with Gasteiger partial charge in [0.1, 0.15) is 0 Å². The Labute approximate surface area is 129 Å². The first kappa shape index (κ1) is 12.8. The third-order valence-corrected chi connectivity index (χ3v) is 4.67. The highest BCUT2D eigenvalue weighted by Crippen LogP contribution is 2.34. The van der Waals surface area contributed by atoms with Crippen LogP contribution >= 0.6 is 11.6 Å². The molecule has 1 aliphatic rings. The quantitative estimate of drug-likeness (QED) is 0.702. The zero-order valence-corrected chi connectivity index (χ0v) is 12.5. The molecule has 1 aliphatic heterocycles. The number of nitrogens with one attached hydrogen (secondary N) is 2. The van der Waals surface area contributed by atoms with Gasteiger partial charge in [0, 0.05) is 40.3 Å². The average molecular weight is 297 g/mol. The number of aromatic amines is 1. The number of hydrogen-bond donors (Lipinski definition) is 2. The number of H-pyrrole nitrogens is 1. The molecular formula is C18H17ClN2. The van der Waals surface area contributed by atoms with E-state index in [2.05, 4.69) is 46.8 Å². The smallest absolute Gasteiger partial charge is 0.0457 e. The first-order valence-corrected chi connectivity index (χ1v) is 7.77. The summed E-state index contributed by atoms with van der Waals surface area (Å²) in [5.74, 6) is 0.602. The van der Waals surface area contributed by atoms with Crippen LogP contribution in [0.2, 0.25) is 5.02 Å². The van der Waals surface area contributed by atoms with Crippen LogP contribution in [0.15, 0.2) is 48.7 Å². The van der Waals surface area contributed by atoms with Crippen LogP contribution in [0.25, 0.3) is 10.9 Å². The number of hydrogen-bond acceptors (Lipinski definition) is 1. The molecule has 1 atom stereocenters. The molecule has 106 valence electrons. The second kappa shape index (κ2) is 5.12. The molecule has 1 unspecified atom stereocenters. The zero-order valence-electron chi connectivity index (χ0n) is 11.7. The van der Waals surface area contributed by atoms with Crippen molar-refractivity contribution in [3.05, 3.63) is 64.8 Å². The summed E-state index contributed by atoms with van der Waals surface area (Å²) in [7, 11) is 0. The SMILES string of the molecule is Clc1ccc2[nH]cc(CCC3CNc4ccccc43)c2c1. The van der Waals surface area contributed by atoms with Gasteiger partial charge < -0.3 is 10.3 Å². The number of rotatable bonds is 3. The lowest BCUT2D eigenvalue weighted by atomic mass is 9.94. The standard InChI is InChI=1S/C18H17ClN2/c19-14-7-8-18-16(9-14)13(11-21-18)6-5-12-10-20-17-4-2-1-3-15(12)17/h1-4,7-9,11-12,20-21H,5-6,10H2. The molecule has 3 aromatic rings. The minimum atomic E-state index is 0.602. The van der Waals surface area contributed by atoms with Gasteiger partial charge in [-0.3, -0.25) is 0 Å². The Morgan fingerprint density at radius 2 is 2.05 bits per heavy atom. The van der Waals surface area contributed by atoms with E-state index >= 15 is 0 Å². The van der Waals surface area contributed by atoms with Gasteiger partial charge in [0.2, 0.25) is 0 Å². The second-order valence-electron chi connectivity index (χ2n) is 5.71. The molecule has 0 saturated carbocycles. The molecule has 21 heavy (non-hydrogen) atoms. The Hall–Kier alpha value is -1.93. The van der Waals surface area contributed by atoms with Gasteiger partial charge in [0.25, 0.3) is 0 Å². The summed E-state index contributed by atoms with van der Waals surface area (Å²) in [6.07, 6.45) is 4.35. The van der Waals surface area contributed by atoms with Gasteiger partial charge in [-0.2, -0.15) is 0 Å². The molecule has 3 heteroatoms. The number of aryl methyl sites for hydroxylation is 1. The van der Waals surface area contributed by atoms with Crippen molar-refractivity contribution < 1.29 is 0 Å². The van der Waals surface area contributed by atoms with Crippen molar-refractivity contribution in [2.45, 2.75) is 18.8 Å². The third kappa shape index (κ3) is 2.30. The summed E-state index contributed by atoms with van der Waals surface area (Å²) in [5, 5.41) is 5.55. The Kier molecular flexibility index (Phi) is 3.12. The molecule has 0 bridgehead atoms. The Morgan fingerprint density at radius 3 is 3.00 bits per heavy atom. The maximum atomic E-state index is 6.12. The molecule has 2 heterocycles. The van der Waals surface area contributed by atoms with Gasteiger partial charge in [-0.25, -0.2) is 0 Å². The van der Waals surface area contributed by atoms with Gasteiger partial charge in [-0.1, -0.05) is 29.8 Å². The van der Waals surface area contributed by atoms with Crippen LogP contribution in [0.5, 0.6) is 0 Å². The van der Waals surface area contributed by atoms with Gasteiger partial charge >= 0.3 is 0 Å². The van der Waals surface area contributed by atoms with Gasteiger partial charge in [0.15, 0.2) is 0 Å². The molecular weight excluding hydrogens is 280 g/mol. The highest BCUT2D eigenvalue weighted by atomic mass is 35.5. The molecule has 0 amide bonds. The Morgan fingerprint density at radius 1 is 1.14 bits per heavy atom. The second-order valence-corrected chi connectivity index (χ2v) is 6.14. The Balaban J connectivity index is 1.56. The lowest BCUT2D eigenvalue weighted by Gasteiger charge is -2.09. The highest BCUT2D eigenvalue weighted by molar-refractivity contribution is 6.31. The maximum absolute atomic E-state index is 6.12. The number of aromatic nitrogens is 1. The van der Waals surface area contributed by atoms with Gasteiger partial charge in [-0.15, -0.1) is 0 Å². The van der Waals surface area contributed by atoms with Crippen molar-refractivity contribution in [2.24, 2.45) is 0 Å². The van der Waals surface area contributed by atoms with Crippen LogP contribution in [0, 0.1) is 0 Å². The molecule has 0 saturated heterocycles. The fraction of sp³-hybridized carbons (Fsp3) is 0.222. The number of para-hydroxylation sites is 1. The average Bonchev–Trinajstić information content (AvgIpc) is 3.09. The molecule has 0 aliphatic carbocycles. The summed E-state index contributed by atoms with van der Waals surface area (Å²) in [4.78, 5) is 3.34. The predicted molar refractivity (Wildman–Crippen MR) is 89.3 cm³/mol. The van der Waals surface area contributed by atoms with E-state index in [1.165, 1.54) is 27.7 Å². The van der Waals surface area contributed by atoms with E-state index in [1.54, 1.807) is 0 Å². The van der Waals surface area contributed by atoms with Crippen LogP contribution in [-0.2, 0) is 6.42 Å². The number of halogens is 1. The minimum Gasteiger partial charge on any atom is -0.384 e. The van der Waals surface area contributed by atoms with Crippen molar-refractivity contribution in [3.8, 4) is 0 Å². The maximum Gasteiger partial charge on any atom is 0.0457 e.